The van der Waals surface area contributed by atoms with Crippen molar-refractivity contribution in [3.05, 3.63) is 65.7 Å². The van der Waals surface area contributed by atoms with Gasteiger partial charge in [0, 0.05) is 13.1 Å². The van der Waals surface area contributed by atoms with Gasteiger partial charge in [-0.1, -0.05) is 35.9 Å². The summed E-state index contributed by atoms with van der Waals surface area (Å²) in [6.07, 6.45) is 3.16. The number of aryl methyl sites for hydroxylation is 1. The Morgan fingerprint density at radius 1 is 1.29 bits per heavy atom. The van der Waals surface area contributed by atoms with Gasteiger partial charge in [-0.05, 0) is 42.7 Å². The molecule has 0 spiro atoms. The van der Waals surface area contributed by atoms with Crippen LogP contribution in [0.25, 0.3) is 0 Å². The first-order chi connectivity index (χ1) is 13.4. The normalized spacial score (nSPS) is 13.5. The Labute approximate surface area is 169 Å². The summed E-state index contributed by atoms with van der Waals surface area (Å²) in [4.78, 5) is 11.7. The monoisotopic (exact) mass is 420 g/mol. The first-order valence-electron chi connectivity index (χ1n) is 8.84. The average Bonchev–Trinajstić information content (AvgIpc) is 2.70. The minimum atomic E-state index is -3.76. The molecule has 1 aliphatic rings. The highest BCUT2D eigenvalue weighted by Crippen LogP contribution is 2.34. The molecule has 0 radical (unpaired) electrons. The summed E-state index contributed by atoms with van der Waals surface area (Å²) in [7, 11) is -3.76. The van der Waals surface area contributed by atoms with Crippen molar-refractivity contribution in [2.75, 3.05) is 24.0 Å². The second-order valence-corrected chi connectivity index (χ2v) is 8.55. The predicted molar refractivity (Wildman–Crippen MR) is 109 cm³/mol. The van der Waals surface area contributed by atoms with Gasteiger partial charge in [0.25, 0.3) is 15.9 Å². The van der Waals surface area contributed by atoms with Crippen molar-refractivity contribution < 1.29 is 17.9 Å². The number of carbonyl (C=O) groups is 1. The van der Waals surface area contributed by atoms with Crippen LogP contribution in [0.15, 0.2) is 60.0 Å². The molecule has 0 atom stereocenters. The first-order valence-corrected chi connectivity index (χ1v) is 10.7. The second kappa shape index (κ2) is 8.67. The van der Waals surface area contributed by atoms with Crippen molar-refractivity contribution in [2.45, 2.75) is 17.7 Å². The quantitative estimate of drug-likeness (QED) is 0.698. The minimum Gasteiger partial charge on any atom is -0.482 e. The number of hydrogen-bond acceptors (Lipinski definition) is 4. The van der Waals surface area contributed by atoms with Gasteiger partial charge in [0.1, 0.15) is 5.75 Å². The largest absolute Gasteiger partial charge is 0.482 e. The van der Waals surface area contributed by atoms with E-state index < -0.39 is 10.0 Å². The lowest BCUT2D eigenvalue weighted by Crippen LogP contribution is -2.35. The third-order valence-electron chi connectivity index (χ3n) is 4.36. The highest BCUT2D eigenvalue weighted by molar-refractivity contribution is 7.92. The Bertz CT molecular complexity index is 991. The molecule has 1 N–H and O–H groups in total. The summed E-state index contributed by atoms with van der Waals surface area (Å²) in [5, 5.41) is 2.71. The summed E-state index contributed by atoms with van der Waals surface area (Å²) >= 11 is 6.21. The van der Waals surface area contributed by atoms with Crippen LogP contribution in [0, 0.1) is 0 Å². The number of halogens is 1. The molecule has 2 aromatic rings. The maximum Gasteiger partial charge on any atom is 0.264 e. The zero-order valence-electron chi connectivity index (χ0n) is 15.2. The molecule has 28 heavy (non-hydrogen) atoms. The van der Waals surface area contributed by atoms with E-state index in [4.69, 9.17) is 16.3 Å². The Hall–Kier alpha value is -2.51. The number of hydrogen-bond donors (Lipinski definition) is 1. The van der Waals surface area contributed by atoms with Gasteiger partial charge < -0.3 is 10.1 Å². The van der Waals surface area contributed by atoms with Crippen molar-refractivity contribution >= 4 is 33.2 Å². The Morgan fingerprint density at radius 2 is 2.07 bits per heavy atom. The number of benzene rings is 2. The third kappa shape index (κ3) is 4.31. The van der Waals surface area contributed by atoms with E-state index in [9.17, 15) is 13.2 Å². The summed E-state index contributed by atoms with van der Waals surface area (Å²) < 4.78 is 33.1. The van der Waals surface area contributed by atoms with Crippen LogP contribution in [0.4, 0.5) is 5.69 Å². The topological polar surface area (TPSA) is 75.7 Å². The maximum absolute atomic E-state index is 13.2. The van der Waals surface area contributed by atoms with Crippen LogP contribution in [0.3, 0.4) is 0 Å². The van der Waals surface area contributed by atoms with E-state index in [1.165, 1.54) is 22.5 Å². The first kappa shape index (κ1) is 20.2. The zero-order valence-corrected chi connectivity index (χ0v) is 16.8. The standard InChI is InChI=1S/C20H21ClN2O4S/c1-2-11-22-20(24)14-27-19-10-9-16(13-17(19)21)28(25,26)23-12-5-7-15-6-3-4-8-18(15)23/h2-4,6,8-10,13H,1,5,7,11-12,14H2,(H,22,24). The number of nitrogens with one attached hydrogen (secondary N) is 1. The molecule has 0 saturated carbocycles. The van der Waals surface area contributed by atoms with Crippen molar-refractivity contribution in [3.8, 4) is 5.75 Å². The van der Waals surface area contributed by atoms with Crippen LogP contribution in [-0.2, 0) is 21.2 Å². The lowest BCUT2D eigenvalue weighted by molar-refractivity contribution is -0.122. The van der Waals surface area contributed by atoms with Crippen LogP contribution in [-0.4, -0.2) is 34.0 Å². The van der Waals surface area contributed by atoms with Crippen LogP contribution >= 0.6 is 11.6 Å². The van der Waals surface area contributed by atoms with E-state index in [0.717, 1.165) is 18.4 Å². The van der Waals surface area contributed by atoms with Gasteiger partial charge in [0.05, 0.1) is 15.6 Å². The highest BCUT2D eigenvalue weighted by atomic mass is 35.5. The highest BCUT2D eigenvalue weighted by Gasteiger charge is 2.29. The van der Waals surface area contributed by atoms with Gasteiger partial charge in [0.2, 0.25) is 0 Å². The third-order valence-corrected chi connectivity index (χ3v) is 6.47. The molecule has 0 unspecified atom stereocenters. The predicted octanol–water partition coefficient (Wildman–Crippen LogP) is 3.16. The fourth-order valence-electron chi connectivity index (χ4n) is 3.02. The number of ether oxygens (including phenoxy) is 1. The summed E-state index contributed by atoms with van der Waals surface area (Å²) in [5.74, 6) is -0.0778. The van der Waals surface area contributed by atoms with Gasteiger partial charge in [-0.2, -0.15) is 0 Å². The van der Waals surface area contributed by atoms with Gasteiger partial charge in [-0.25, -0.2) is 8.42 Å². The molecule has 6 nitrogen and oxygen atoms in total. The van der Waals surface area contributed by atoms with Crippen LogP contribution < -0.4 is 14.4 Å². The molecule has 1 amide bonds. The SMILES string of the molecule is C=CCNC(=O)COc1ccc(S(=O)(=O)N2CCCc3ccccc32)cc1Cl. The van der Waals surface area contributed by atoms with Gasteiger partial charge in [0.15, 0.2) is 6.61 Å². The number of amides is 1. The molecule has 3 rings (SSSR count). The van der Waals surface area contributed by atoms with Crippen molar-refractivity contribution in [3.63, 3.8) is 0 Å². The fourth-order valence-corrected chi connectivity index (χ4v) is 4.88. The van der Waals surface area contributed by atoms with E-state index in [2.05, 4.69) is 11.9 Å². The maximum atomic E-state index is 13.2. The number of anilines is 1. The van der Waals surface area contributed by atoms with Crippen molar-refractivity contribution in [1.29, 1.82) is 0 Å². The van der Waals surface area contributed by atoms with Crippen LogP contribution in [0.1, 0.15) is 12.0 Å². The van der Waals surface area contributed by atoms with Gasteiger partial charge >= 0.3 is 0 Å². The summed E-state index contributed by atoms with van der Waals surface area (Å²) in [5.41, 5.74) is 1.71. The Morgan fingerprint density at radius 3 is 2.82 bits per heavy atom. The number of fused-ring (bicyclic) bond motifs is 1. The lowest BCUT2D eigenvalue weighted by atomic mass is 10.0. The van der Waals surface area contributed by atoms with Crippen LogP contribution in [0.5, 0.6) is 5.75 Å². The average molecular weight is 421 g/mol. The van der Waals surface area contributed by atoms with E-state index in [1.54, 1.807) is 6.08 Å². The fraction of sp³-hybridized carbons (Fsp3) is 0.250. The smallest absolute Gasteiger partial charge is 0.264 e. The second-order valence-electron chi connectivity index (χ2n) is 6.28. The Balaban J connectivity index is 1.80. The molecule has 8 heteroatoms. The van der Waals surface area contributed by atoms with Crippen molar-refractivity contribution in [1.82, 2.24) is 5.32 Å². The summed E-state index contributed by atoms with van der Waals surface area (Å²) in [6, 6.07) is 11.7. The molecule has 148 valence electrons. The van der Waals surface area contributed by atoms with E-state index >= 15 is 0 Å². The molecule has 1 aliphatic heterocycles. The van der Waals surface area contributed by atoms with Crippen LogP contribution in [0.2, 0.25) is 5.02 Å². The van der Waals surface area contributed by atoms with Gasteiger partial charge in [-0.15, -0.1) is 6.58 Å². The molecular formula is C20H21ClN2O4S. The number of rotatable bonds is 7. The molecule has 0 saturated heterocycles. The number of nitrogens with zero attached hydrogens (tertiary/aromatic N) is 1. The molecule has 0 bridgehead atoms. The van der Waals surface area contributed by atoms with Crippen molar-refractivity contribution in [2.24, 2.45) is 0 Å². The van der Waals surface area contributed by atoms with E-state index in [1.807, 2.05) is 24.3 Å². The lowest BCUT2D eigenvalue weighted by Gasteiger charge is -2.30. The van der Waals surface area contributed by atoms with Gasteiger partial charge in [-0.3, -0.25) is 9.10 Å². The molecule has 1 heterocycles. The molecule has 2 aromatic carbocycles. The molecule has 0 aromatic heterocycles. The number of para-hydroxylation sites is 1. The minimum absolute atomic E-state index is 0.0812. The summed E-state index contributed by atoms with van der Waals surface area (Å²) in [6.45, 7) is 4.04. The van der Waals surface area contributed by atoms with E-state index in [-0.39, 0.29) is 28.2 Å². The molecule has 0 fully saturated rings. The molecular weight excluding hydrogens is 400 g/mol. The number of sulfonamides is 1. The van der Waals surface area contributed by atoms with E-state index in [0.29, 0.717) is 18.8 Å². The Kier molecular flexibility index (Phi) is 6.26. The molecule has 0 aliphatic carbocycles. The number of carbonyl (C=O) groups excluding carboxylic acids is 1. The zero-order chi connectivity index (χ0) is 20.1.